The third-order valence-corrected chi connectivity index (χ3v) is 6.29. The first-order valence-corrected chi connectivity index (χ1v) is 11.1. The molecule has 2 aromatic carbocycles. The summed E-state index contributed by atoms with van der Waals surface area (Å²) in [7, 11) is 4.69. The second-order valence-corrected chi connectivity index (χ2v) is 8.19. The van der Waals surface area contributed by atoms with Gasteiger partial charge < -0.3 is 24.3 Å². The van der Waals surface area contributed by atoms with Crippen molar-refractivity contribution in [3.8, 4) is 23.0 Å². The fraction of sp³-hybridized carbons (Fsp3) is 0.385. The number of carbonyl (C=O) groups is 2. The van der Waals surface area contributed by atoms with Crippen LogP contribution in [-0.4, -0.2) is 39.6 Å². The highest BCUT2D eigenvalue weighted by Gasteiger charge is 2.38. The van der Waals surface area contributed by atoms with E-state index in [1.807, 2.05) is 43.3 Å². The number of nitrogens with one attached hydrogen (secondary N) is 1. The van der Waals surface area contributed by atoms with Crippen molar-refractivity contribution in [1.82, 2.24) is 5.32 Å². The fourth-order valence-electron chi connectivity index (χ4n) is 4.78. The lowest BCUT2D eigenvalue weighted by Crippen LogP contribution is -2.38. The lowest BCUT2D eigenvalue weighted by atomic mass is 9.73. The smallest absolute Gasteiger partial charge is 0.225 e. The molecule has 2 atom stereocenters. The molecule has 0 radical (unpaired) electrons. The Kier molecular flexibility index (Phi) is 6.58. The van der Waals surface area contributed by atoms with Gasteiger partial charge in [0.1, 0.15) is 5.75 Å². The first-order chi connectivity index (χ1) is 16.0. The zero-order valence-corrected chi connectivity index (χ0v) is 19.4. The fourth-order valence-corrected chi connectivity index (χ4v) is 4.78. The van der Waals surface area contributed by atoms with Crippen LogP contribution in [0, 0.1) is 0 Å². The summed E-state index contributed by atoms with van der Waals surface area (Å²) >= 11 is 0. The number of amides is 1. The van der Waals surface area contributed by atoms with Crippen LogP contribution in [0.1, 0.15) is 49.1 Å². The third kappa shape index (κ3) is 4.40. The average molecular weight is 452 g/mol. The summed E-state index contributed by atoms with van der Waals surface area (Å²) in [5.74, 6) is 1.97. The van der Waals surface area contributed by atoms with Gasteiger partial charge >= 0.3 is 0 Å². The number of carbonyl (C=O) groups excluding carboxylic acids is 2. The van der Waals surface area contributed by atoms with Crippen molar-refractivity contribution in [3.63, 3.8) is 0 Å². The van der Waals surface area contributed by atoms with E-state index in [1.165, 1.54) is 0 Å². The van der Waals surface area contributed by atoms with Crippen molar-refractivity contribution in [2.24, 2.45) is 0 Å². The molecule has 4 rings (SSSR count). The molecule has 0 saturated heterocycles. The van der Waals surface area contributed by atoms with Crippen LogP contribution in [-0.2, 0) is 9.59 Å². The van der Waals surface area contributed by atoms with E-state index in [1.54, 1.807) is 21.3 Å². The highest BCUT2D eigenvalue weighted by Crippen LogP contribution is 2.46. The molecule has 2 aliphatic rings. The molecule has 0 saturated carbocycles. The van der Waals surface area contributed by atoms with Crippen molar-refractivity contribution < 1.29 is 28.5 Å². The summed E-state index contributed by atoms with van der Waals surface area (Å²) in [4.78, 5) is 26.0. The number of allylic oxidation sites excluding steroid dienone is 2. The molecule has 0 aromatic heterocycles. The van der Waals surface area contributed by atoms with Gasteiger partial charge in [0.05, 0.1) is 27.9 Å². The van der Waals surface area contributed by atoms with Crippen molar-refractivity contribution in [3.05, 3.63) is 58.8 Å². The second-order valence-electron chi connectivity index (χ2n) is 8.19. The lowest BCUT2D eigenvalue weighted by molar-refractivity contribution is -0.122. The van der Waals surface area contributed by atoms with E-state index in [0.29, 0.717) is 48.0 Å². The Balaban J connectivity index is 1.68. The summed E-state index contributed by atoms with van der Waals surface area (Å²) in [6.45, 7) is 2.52. The number of benzene rings is 2. The molecule has 2 aromatic rings. The van der Waals surface area contributed by atoms with Gasteiger partial charge in [-0.15, -0.1) is 0 Å². The van der Waals surface area contributed by atoms with E-state index in [2.05, 4.69) is 5.32 Å². The van der Waals surface area contributed by atoms with Gasteiger partial charge in [-0.05, 0) is 54.7 Å². The summed E-state index contributed by atoms with van der Waals surface area (Å²) in [5, 5.41) is 2.97. The molecule has 7 nitrogen and oxygen atoms in total. The minimum absolute atomic E-state index is 0.0499. The Morgan fingerprint density at radius 1 is 0.879 bits per heavy atom. The Morgan fingerprint density at radius 2 is 1.55 bits per heavy atom. The molecule has 0 bridgehead atoms. The minimum atomic E-state index is -0.252. The quantitative estimate of drug-likeness (QED) is 0.682. The Morgan fingerprint density at radius 3 is 2.12 bits per heavy atom. The maximum atomic E-state index is 13.4. The van der Waals surface area contributed by atoms with E-state index in [-0.39, 0.29) is 29.9 Å². The van der Waals surface area contributed by atoms with Crippen molar-refractivity contribution in [2.45, 2.75) is 38.0 Å². The molecule has 1 heterocycles. The molecular weight excluding hydrogens is 422 g/mol. The number of methoxy groups -OCH3 is 3. The van der Waals surface area contributed by atoms with Gasteiger partial charge in [-0.25, -0.2) is 0 Å². The molecule has 33 heavy (non-hydrogen) atoms. The van der Waals surface area contributed by atoms with E-state index in [0.717, 1.165) is 16.9 Å². The predicted molar refractivity (Wildman–Crippen MR) is 123 cm³/mol. The Bertz CT molecular complexity index is 1060. The highest BCUT2D eigenvalue weighted by atomic mass is 16.5. The summed E-state index contributed by atoms with van der Waals surface area (Å²) in [5.41, 5.74) is 3.27. The van der Waals surface area contributed by atoms with Gasteiger partial charge in [-0.2, -0.15) is 0 Å². The zero-order chi connectivity index (χ0) is 23.5. The number of ether oxygens (including phenoxy) is 4. The Labute approximate surface area is 193 Å². The maximum Gasteiger partial charge on any atom is 0.225 e. The van der Waals surface area contributed by atoms with Gasteiger partial charge in [0, 0.05) is 30.0 Å². The van der Waals surface area contributed by atoms with Crippen LogP contribution >= 0.6 is 0 Å². The number of hydrogen-bond donors (Lipinski definition) is 1. The van der Waals surface area contributed by atoms with E-state index >= 15 is 0 Å². The molecule has 7 heteroatoms. The van der Waals surface area contributed by atoms with Gasteiger partial charge in [0.25, 0.3) is 0 Å². The summed E-state index contributed by atoms with van der Waals surface area (Å²) in [6, 6.07) is 11.4. The monoisotopic (exact) mass is 451 g/mol. The molecule has 0 unspecified atom stereocenters. The SMILES string of the molecule is CCOc1ccc([C@@H]2CC(=O)NC3=C2C(=O)C[C@@H](c2cc(OC)c(OC)c(OC)c2)C3)cc1. The largest absolute Gasteiger partial charge is 0.494 e. The Hall–Kier alpha value is -3.48. The number of Topliss-reactive ketones (excluding diaryl/α,β-unsaturated/α-hetero) is 1. The van der Waals surface area contributed by atoms with Crippen LogP contribution in [0.5, 0.6) is 23.0 Å². The van der Waals surface area contributed by atoms with Crippen LogP contribution in [0.3, 0.4) is 0 Å². The second kappa shape index (κ2) is 9.57. The molecular formula is C26H29NO6. The highest BCUT2D eigenvalue weighted by molar-refractivity contribution is 6.02. The summed E-state index contributed by atoms with van der Waals surface area (Å²) < 4.78 is 21.9. The molecule has 1 aliphatic carbocycles. The molecule has 1 aliphatic heterocycles. The van der Waals surface area contributed by atoms with E-state index in [4.69, 9.17) is 18.9 Å². The van der Waals surface area contributed by atoms with Crippen molar-refractivity contribution in [1.29, 1.82) is 0 Å². The van der Waals surface area contributed by atoms with Crippen LogP contribution in [0.25, 0.3) is 0 Å². The molecule has 1 amide bonds. The third-order valence-electron chi connectivity index (χ3n) is 6.29. The van der Waals surface area contributed by atoms with Crippen LogP contribution < -0.4 is 24.3 Å². The maximum absolute atomic E-state index is 13.4. The first-order valence-electron chi connectivity index (χ1n) is 11.1. The number of rotatable bonds is 7. The van der Waals surface area contributed by atoms with Gasteiger partial charge in [0.15, 0.2) is 17.3 Å². The van der Waals surface area contributed by atoms with E-state index < -0.39 is 0 Å². The predicted octanol–water partition coefficient (Wildman–Crippen LogP) is 4.12. The number of ketones is 1. The first kappa shape index (κ1) is 22.7. The normalized spacial score (nSPS) is 20.1. The minimum Gasteiger partial charge on any atom is -0.494 e. The van der Waals surface area contributed by atoms with Crippen molar-refractivity contribution in [2.75, 3.05) is 27.9 Å². The van der Waals surface area contributed by atoms with Crippen LogP contribution in [0.4, 0.5) is 0 Å². The molecule has 0 fully saturated rings. The molecule has 1 N–H and O–H groups in total. The van der Waals surface area contributed by atoms with Gasteiger partial charge in [0.2, 0.25) is 11.7 Å². The van der Waals surface area contributed by atoms with Crippen molar-refractivity contribution >= 4 is 11.7 Å². The summed E-state index contributed by atoms with van der Waals surface area (Å²) in [6.07, 6.45) is 1.16. The lowest BCUT2D eigenvalue weighted by Gasteiger charge is -2.34. The molecule has 0 spiro atoms. The van der Waals surface area contributed by atoms with Crippen LogP contribution in [0.2, 0.25) is 0 Å². The standard InChI is InChI=1S/C26H29NO6/c1-5-33-18-8-6-15(7-9-18)19-14-24(29)27-20-10-16(11-21(28)25(19)20)17-12-22(30-2)26(32-4)23(13-17)31-3/h6-9,12-13,16,19H,5,10-11,14H2,1-4H3,(H,27,29)/t16-,19-/m0/s1. The topological polar surface area (TPSA) is 83.1 Å². The zero-order valence-electron chi connectivity index (χ0n) is 19.4. The van der Waals surface area contributed by atoms with Gasteiger partial charge in [-0.1, -0.05) is 12.1 Å². The number of hydrogen-bond acceptors (Lipinski definition) is 6. The van der Waals surface area contributed by atoms with Crippen LogP contribution in [0.15, 0.2) is 47.7 Å². The van der Waals surface area contributed by atoms with E-state index in [9.17, 15) is 9.59 Å². The van der Waals surface area contributed by atoms with Gasteiger partial charge in [-0.3, -0.25) is 9.59 Å². The average Bonchev–Trinajstić information content (AvgIpc) is 2.82. The molecule has 174 valence electrons.